The van der Waals surface area contributed by atoms with Crippen LogP contribution in [0.2, 0.25) is 0 Å². The fraction of sp³-hybridized carbons (Fsp3) is 0. The lowest BCUT2D eigenvalue weighted by Gasteiger charge is -2.15. The molecule has 0 aliphatic carbocycles. The van der Waals surface area contributed by atoms with Crippen LogP contribution in [0.4, 0.5) is 0 Å². The van der Waals surface area contributed by atoms with Gasteiger partial charge in [-0.25, -0.2) is 0 Å². The molecule has 4 aromatic carbocycles. The molecule has 0 aromatic heterocycles. The minimum absolute atomic E-state index is 0.938. The second kappa shape index (κ2) is 7.75. The van der Waals surface area contributed by atoms with Crippen LogP contribution in [-0.4, -0.2) is 0 Å². The van der Waals surface area contributed by atoms with Crippen molar-refractivity contribution >= 4 is 21.2 Å². The van der Waals surface area contributed by atoms with E-state index in [1.807, 2.05) is 42.5 Å². The molecule has 0 aliphatic heterocycles. The monoisotopic (exact) mass is 448 g/mol. The molecule has 0 fully saturated rings. The summed E-state index contributed by atoms with van der Waals surface area (Å²) in [6.07, 6.45) is 0. The van der Waals surface area contributed by atoms with Crippen molar-refractivity contribution in [3.63, 3.8) is 0 Å². The lowest BCUT2D eigenvalue weighted by Crippen LogP contribution is -1.91. The van der Waals surface area contributed by atoms with Gasteiger partial charge in [0.25, 0.3) is 0 Å². The van der Waals surface area contributed by atoms with Gasteiger partial charge in [-0.1, -0.05) is 91.0 Å². The molecule has 0 amide bonds. The van der Waals surface area contributed by atoms with Gasteiger partial charge in [-0.3, -0.25) is 3.07 Å². The number of rotatable bonds is 4. The predicted octanol–water partition coefficient (Wildman–Crippen LogP) is 7.17. The van der Waals surface area contributed by atoms with Crippen molar-refractivity contribution in [1.82, 2.24) is 0 Å². The number of hydrogen-bond donors (Lipinski definition) is 0. The summed E-state index contributed by atoms with van der Waals surface area (Å²) in [5, 5.41) is 0. The second-order valence-corrected chi connectivity index (χ2v) is 7.66. The summed E-state index contributed by atoms with van der Waals surface area (Å²) in [5.74, 6) is 0. The third-order valence-corrected chi connectivity index (χ3v) is 5.81. The van der Waals surface area contributed by atoms with Crippen molar-refractivity contribution in [2.45, 2.75) is 0 Å². The van der Waals surface area contributed by atoms with Crippen LogP contribution in [0.1, 0.15) is 0 Å². The minimum Gasteiger partial charge on any atom is -0.265 e. The first-order valence-corrected chi connectivity index (χ1v) is 10.4. The molecule has 4 aromatic rings. The van der Waals surface area contributed by atoms with Crippen molar-refractivity contribution in [2.75, 3.05) is 0 Å². The van der Waals surface area contributed by atoms with Gasteiger partial charge in [0.15, 0.2) is 21.2 Å². The maximum Gasteiger partial charge on any atom is 0.182 e. The topological polar surface area (TPSA) is 17.1 Å². The van der Waals surface area contributed by atoms with E-state index >= 15 is 0 Å². The minimum atomic E-state index is -1.28. The van der Waals surface area contributed by atoms with Crippen LogP contribution in [-0.2, 0) is 3.07 Å². The molecule has 2 heteroatoms. The van der Waals surface area contributed by atoms with Gasteiger partial charge >= 0.3 is 0 Å². The first kappa shape index (κ1) is 16.9. The lowest BCUT2D eigenvalue weighted by molar-refractivity contribution is 0.648. The summed E-state index contributed by atoms with van der Waals surface area (Å²) < 4.78 is 13.0. The Morgan fingerprint density at radius 2 is 0.846 bits per heavy atom. The van der Waals surface area contributed by atoms with Gasteiger partial charge in [-0.15, -0.1) is 0 Å². The standard InChI is InChI=1S/C24H17IO/c26-25-24-17-22(19-12-6-2-7-13-19)21(18-10-4-1-5-11-18)16-23(24)20-14-8-3-9-15-20/h1-17H. The Balaban J connectivity index is 2.02. The van der Waals surface area contributed by atoms with Gasteiger partial charge in [0.1, 0.15) is 0 Å². The molecule has 4 rings (SSSR count). The highest BCUT2D eigenvalue weighted by molar-refractivity contribution is 14.1. The first-order valence-electron chi connectivity index (χ1n) is 8.48. The average Bonchev–Trinajstić information content (AvgIpc) is 2.74. The largest absolute Gasteiger partial charge is 0.265 e. The summed E-state index contributed by atoms with van der Waals surface area (Å²) in [7, 11) is 0. The maximum atomic E-state index is 12.1. The Labute approximate surface area is 164 Å². The van der Waals surface area contributed by atoms with Gasteiger partial charge in [-0.2, -0.15) is 0 Å². The second-order valence-electron chi connectivity index (χ2n) is 6.05. The van der Waals surface area contributed by atoms with Crippen LogP contribution in [0.15, 0.2) is 103 Å². The van der Waals surface area contributed by atoms with E-state index in [0.29, 0.717) is 0 Å². The SMILES string of the molecule is O=Ic1cc(-c2ccccc2)c(-c2ccccc2)cc1-c1ccccc1. The van der Waals surface area contributed by atoms with Crippen molar-refractivity contribution < 1.29 is 3.07 Å². The normalized spacial score (nSPS) is 10.6. The van der Waals surface area contributed by atoms with Crippen LogP contribution in [0.25, 0.3) is 33.4 Å². The molecule has 126 valence electrons. The highest BCUT2D eigenvalue weighted by atomic mass is 127. The highest BCUT2D eigenvalue weighted by Gasteiger charge is 2.14. The van der Waals surface area contributed by atoms with Gasteiger partial charge in [0, 0.05) is 0 Å². The van der Waals surface area contributed by atoms with E-state index in [2.05, 4.69) is 60.7 Å². The van der Waals surface area contributed by atoms with Gasteiger partial charge < -0.3 is 0 Å². The molecule has 0 radical (unpaired) electrons. The maximum absolute atomic E-state index is 12.1. The number of hydrogen-bond acceptors (Lipinski definition) is 1. The van der Waals surface area contributed by atoms with Crippen molar-refractivity contribution in [2.24, 2.45) is 0 Å². The number of halogens is 1. The zero-order valence-electron chi connectivity index (χ0n) is 14.1. The van der Waals surface area contributed by atoms with E-state index < -0.39 is 21.2 Å². The zero-order valence-corrected chi connectivity index (χ0v) is 16.3. The molecular formula is C24H17IO. The van der Waals surface area contributed by atoms with Crippen molar-refractivity contribution in [3.8, 4) is 33.4 Å². The van der Waals surface area contributed by atoms with Crippen LogP contribution in [0, 0.1) is 3.57 Å². The molecule has 0 spiro atoms. The quantitative estimate of drug-likeness (QED) is 0.303. The summed E-state index contributed by atoms with van der Waals surface area (Å²) in [5.41, 5.74) is 6.77. The third kappa shape index (κ3) is 3.37. The molecular weight excluding hydrogens is 431 g/mol. The van der Waals surface area contributed by atoms with E-state index in [0.717, 1.165) is 31.4 Å². The Kier molecular flexibility index (Phi) is 5.02. The molecule has 26 heavy (non-hydrogen) atoms. The van der Waals surface area contributed by atoms with Crippen molar-refractivity contribution in [1.29, 1.82) is 0 Å². The predicted molar refractivity (Wildman–Crippen MR) is 116 cm³/mol. The summed E-state index contributed by atoms with van der Waals surface area (Å²) >= 11 is -1.28. The molecule has 0 saturated heterocycles. The molecule has 1 nitrogen and oxygen atoms in total. The molecule has 0 atom stereocenters. The molecule has 0 saturated carbocycles. The van der Waals surface area contributed by atoms with E-state index in [1.54, 1.807) is 0 Å². The van der Waals surface area contributed by atoms with Crippen LogP contribution < -0.4 is 0 Å². The zero-order chi connectivity index (χ0) is 17.8. The third-order valence-electron chi connectivity index (χ3n) is 4.44. The van der Waals surface area contributed by atoms with E-state index in [9.17, 15) is 3.07 Å². The Hall–Kier alpha value is -2.59. The van der Waals surface area contributed by atoms with E-state index in [-0.39, 0.29) is 0 Å². The van der Waals surface area contributed by atoms with Crippen molar-refractivity contribution in [3.05, 3.63) is 107 Å². The smallest absolute Gasteiger partial charge is 0.182 e. The molecule has 0 N–H and O–H groups in total. The van der Waals surface area contributed by atoms with Crippen LogP contribution in [0.3, 0.4) is 0 Å². The Morgan fingerprint density at radius 1 is 0.462 bits per heavy atom. The molecule has 0 aliphatic rings. The lowest BCUT2D eigenvalue weighted by atomic mass is 9.91. The Bertz CT molecular complexity index is 1030. The summed E-state index contributed by atoms with van der Waals surface area (Å²) in [6, 6.07) is 35.2. The summed E-state index contributed by atoms with van der Waals surface area (Å²) in [6.45, 7) is 0. The van der Waals surface area contributed by atoms with E-state index in [4.69, 9.17) is 0 Å². The molecule has 0 heterocycles. The van der Waals surface area contributed by atoms with Crippen LogP contribution in [0.5, 0.6) is 0 Å². The highest BCUT2D eigenvalue weighted by Crippen LogP contribution is 2.39. The van der Waals surface area contributed by atoms with Crippen LogP contribution >= 0.6 is 21.2 Å². The fourth-order valence-corrected chi connectivity index (χ4v) is 4.33. The number of benzene rings is 4. The molecule has 0 bridgehead atoms. The van der Waals surface area contributed by atoms with Gasteiger partial charge in [-0.05, 0) is 45.5 Å². The average molecular weight is 448 g/mol. The van der Waals surface area contributed by atoms with Gasteiger partial charge in [0.05, 0.1) is 3.57 Å². The Morgan fingerprint density at radius 3 is 1.27 bits per heavy atom. The van der Waals surface area contributed by atoms with Gasteiger partial charge in [0.2, 0.25) is 0 Å². The van der Waals surface area contributed by atoms with E-state index in [1.165, 1.54) is 5.56 Å². The molecule has 0 unspecified atom stereocenters. The fourth-order valence-electron chi connectivity index (χ4n) is 3.19. The first-order chi connectivity index (χ1) is 12.9. The summed E-state index contributed by atoms with van der Waals surface area (Å²) in [4.78, 5) is 0.